The number of ether oxygens (including phenoxy) is 2. The molecule has 26 heavy (non-hydrogen) atoms. The summed E-state index contributed by atoms with van der Waals surface area (Å²) in [6, 6.07) is 10.9. The molecule has 2 amide bonds. The maximum Gasteiger partial charge on any atom is 0.258 e. The van der Waals surface area contributed by atoms with Crippen LogP contribution in [0.15, 0.2) is 48.8 Å². The van der Waals surface area contributed by atoms with Crippen molar-refractivity contribution >= 4 is 11.8 Å². The predicted octanol–water partition coefficient (Wildman–Crippen LogP) is 1.29. The molecule has 1 heterocycles. The lowest BCUT2D eigenvalue weighted by Gasteiger charge is -2.17. The molecule has 0 spiro atoms. The highest BCUT2D eigenvalue weighted by Crippen LogP contribution is 2.25. The molecule has 2 rings (SSSR count). The number of likely N-dealkylation sites (N-methyl/N-ethyl adjacent to an activating group) is 1. The Kier molecular flexibility index (Phi) is 7.42. The summed E-state index contributed by atoms with van der Waals surface area (Å²) in [5.41, 5.74) is 1.11. The number of hydrogen-bond acceptors (Lipinski definition) is 5. The standard InChI is InChI=1S/C19H23N3O4/c1-22(12-9-15-7-10-20-11-8-15)19(24)13-21-18(23)14-26-17-6-4-3-5-16(17)25-2/h3-8,10-11H,9,12-14H2,1-2H3,(H,21,23). The average Bonchev–Trinajstić information content (AvgIpc) is 2.69. The summed E-state index contributed by atoms with van der Waals surface area (Å²) in [7, 11) is 3.24. The Labute approximate surface area is 152 Å². The van der Waals surface area contributed by atoms with E-state index in [4.69, 9.17) is 9.47 Å². The van der Waals surface area contributed by atoms with Crippen LogP contribution in [0.4, 0.5) is 0 Å². The van der Waals surface area contributed by atoms with Crippen molar-refractivity contribution in [1.29, 1.82) is 0 Å². The van der Waals surface area contributed by atoms with Crippen molar-refractivity contribution in [3.63, 3.8) is 0 Å². The summed E-state index contributed by atoms with van der Waals surface area (Å²) in [6.45, 7) is 0.311. The van der Waals surface area contributed by atoms with Gasteiger partial charge in [0.15, 0.2) is 18.1 Å². The van der Waals surface area contributed by atoms with Gasteiger partial charge in [-0.05, 0) is 36.2 Å². The van der Waals surface area contributed by atoms with Crippen LogP contribution in [0.5, 0.6) is 11.5 Å². The molecule has 0 aliphatic carbocycles. The van der Waals surface area contributed by atoms with Crippen LogP contribution < -0.4 is 14.8 Å². The van der Waals surface area contributed by atoms with E-state index in [0.717, 1.165) is 12.0 Å². The lowest BCUT2D eigenvalue weighted by molar-refractivity contribution is -0.132. The molecular weight excluding hydrogens is 334 g/mol. The van der Waals surface area contributed by atoms with Crippen molar-refractivity contribution in [3.05, 3.63) is 54.4 Å². The van der Waals surface area contributed by atoms with Crippen molar-refractivity contribution in [3.8, 4) is 11.5 Å². The van der Waals surface area contributed by atoms with Crippen LogP contribution in [0.3, 0.4) is 0 Å². The third-order valence-electron chi connectivity index (χ3n) is 3.78. The zero-order chi connectivity index (χ0) is 18.8. The van der Waals surface area contributed by atoms with E-state index in [2.05, 4.69) is 10.3 Å². The predicted molar refractivity (Wildman–Crippen MR) is 97.1 cm³/mol. The van der Waals surface area contributed by atoms with Crippen LogP contribution in [-0.4, -0.2) is 55.6 Å². The molecule has 0 radical (unpaired) electrons. The van der Waals surface area contributed by atoms with Gasteiger partial charge in [0.05, 0.1) is 13.7 Å². The first-order valence-corrected chi connectivity index (χ1v) is 8.25. The van der Waals surface area contributed by atoms with E-state index in [1.54, 1.807) is 42.5 Å². The quantitative estimate of drug-likeness (QED) is 0.731. The van der Waals surface area contributed by atoms with Crippen molar-refractivity contribution in [2.45, 2.75) is 6.42 Å². The number of carbonyl (C=O) groups is 2. The number of nitrogens with one attached hydrogen (secondary N) is 1. The Morgan fingerprint density at radius 1 is 1.12 bits per heavy atom. The molecule has 2 aromatic rings. The van der Waals surface area contributed by atoms with Gasteiger partial charge in [-0.1, -0.05) is 12.1 Å². The van der Waals surface area contributed by atoms with Gasteiger partial charge in [0.1, 0.15) is 0 Å². The minimum Gasteiger partial charge on any atom is -0.493 e. The van der Waals surface area contributed by atoms with Crippen molar-refractivity contribution in [2.24, 2.45) is 0 Å². The maximum atomic E-state index is 12.1. The highest BCUT2D eigenvalue weighted by atomic mass is 16.5. The van der Waals surface area contributed by atoms with E-state index in [-0.39, 0.29) is 25.0 Å². The van der Waals surface area contributed by atoms with Crippen LogP contribution >= 0.6 is 0 Å². The van der Waals surface area contributed by atoms with Crippen LogP contribution in [-0.2, 0) is 16.0 Å². The molecule has 1 aromatic heterocycles. The molecule has 7 nitrogen and oxygen atoms in total. The van der Waals surface area contributed by atoms with Crippen LogP contribution in [0.25, 0.3) is 0 Å². The molecule has 0 fully saturated rings. The van der Waals surface area contributed by atoms with E-state index in [1.807, 2.05) is 18.2 Å². The number of para-hydroxylation sites is 2. The lowest BCUT2D eigenvalue weighted by Crippen LogP contribution is -2.40. The second-order valence-electron chi connectivity index (χ2n) is 5.64. The highest BCUT2D eigenvalue weighted by Gasteiger charge is 2.12. The van der Waals surface area contributed by atoms with Crippen molar-refractivity contribution < 1.29 is 19.1 Å². The van der Waals surface area contributed by atoms with Crippen molar-refractivity contribution in [2.75, 3.05) is 33.9 Å². The molecule has 0 aliphatic heterocycles. The number of carbonyl (C=O) groups excluding carboxylic acids is 2. The van der Waals surface area contributed by atoms with Gasteiger partial charge in [-0.2, -0.15) is 0 Å². The first kappa shape index (κ1) is 19.2. The Hall–Kier alpha value is -3.09. The number of hydrogen-bond donors (Lipinski definition) is 1. The Morgan fingerprint density at radius 3 is 2.50 bits per heavy atom. The van der Waals surface area contributed by atoms with Gasteiger partial charge in [-0.15, -0.1) is 0 Å². The van der Waals surface area contributed by atoms with Gasteiger partial charge >= 0.3 is 0 Å². The fraction of sp³-hybridized carbons (Fsp3) is 0.316. The normalized spacial score (nSPS) is 10.1. The summed E-state index contributed by atoms with van der Waals surface area (Å²) < 4.78 is 10.6. The first-order chi connectivity index (χ1) is 12.6. The molecule has 0 unspecified atom stereocenters. The van der Waals surface area contributed by atoms with E-state index in [1.165, 1.54) is 7.11 Å². The Bertz CT molecular complexity index is 722. The Balaban J connectivity index is 1.70. The average molecular weight is 357 g/mol. The zero-order valence-electron chi connectivity index (χ0n) is 15.0. The number of amides is 2. The molecule has 0 bridgehead atoms. The van der Waals surface area contributed by atoms with E-state index in [9.17, 15) is 9.59 Å². The summed E-state index contributed by atoms with van der Waals surface area (Å²) >= 11 is 0. The minimum absolute atomic E-state index is 0.0685. The second-order valence-corrected chi connectivity index (χ2v) is 5.64. The molecular formula is C19H23N3O4. The molecule has 1 aromatic carbocycles. The first-order valence-electron chi connectivity index (χ1n) is 8.25. The molecule has 7 heteroatoms. The highest BCUT2D eigenvalue weighted by molar-refractivity contribution is 5.85. The Morgan fingerprint density at radius 2 is 1.81 bits per heavy atom. The molecule has 1 N–H and O–H groups in total. The molecule has 0 aliphatic rings. The number of aromatic nitrogens is 1. The second kappa shape index (κ2) is 10.0. The summed E-state index contributed by atoms with van der Waals surface area (Å²) in [5, 5.41) is 2.56. The number of nitrogens with zero attached hydrogens (tertiary/aromatic N) is 2. The van der Waals surface area contributed by atoms with Crippen LogP contribution in [0.1, 0.15) is 5.56 Å². The lowest BCUT2D eigenvalue weighted by atomic mass is 10.2. The molecule has 0 saturated carbocycles. The third kappa shape index (κ3) is 6.08. The molecule has 0 atom stereocenters. The number of benzene rings is 1. The SMILES string of the molecule is COc1ccccc1OCC(=O)NCC(=O)N(C)CCc1ccncc1. The topological polar surface area (TPSA) is 80.8 Å². The van der Waals surface area contributed by atoms with Gasteiger partial charge in [0, 0.05) is 26.0 Å². The third-order valence-corrected chi connectivity index (χ3v) is 3.78. The van der Waals surface area contributed by atoms with Crippen LogP contribution in [0.2, 0.25) is 0 Å². The van der Waals surface area contributed by atoms with Gasteiger partial charge in [-0.25, -0.2) is 0 Å². The van der Waals surface area contributed by atoms with Gasteiger partial charge in [-0.3, -0.25) is 14.6 Å². The van der Waals surface area contributed by atoms with Gasteiger partial charge in [0.25, 0.3) is 5.91 Å². The van der Waals surface area contributed by atoms with Crippen molar-refractivity contribution in [1.82, 2.24) is 15.2 Å². The smallest absolute Gasteiger partial charge is 0.258 e. The van der Waals surface area contributed by atoms with Crippen LogP contribution in [0, 0.1) is 0 Å². The summed E-state index contributed by atoms with van der Waals surface area (Å²) in [6.07, 6.45) is 4.17. The fourth-order valence-corrected chi connectivity index (χ4v) is 2.21. The number of rotatable bonds is 9. The molecule has 138 valence electrons. The maximum absolute atomic E-state index is 12.1. The van der Waals surface area contributed by atoms with Gasteiger partial charge < -0.3 is 19.7 Å². The van der Waals surface area contributed by atoms with E-state index in [0.29, 0.717) is 18.0 Å². The number of methoxy groups -OCH3 is 1. The minimum atomic E-state index is -0.369. The van der Waals surface area contributed by atoms with E-state index >= 15 is 0 Å². The zero-order valence-corrected chi connectivity index (χ0v) is 15.0. The van der Waals surface area contributed by atoms with E-state index < -0.39 is 0 Å². The monoisotopic (exact) mass is 357 g/mol. The summed E-state index contributed by atoms with van der Waals surface area (Å²) in [4.78, 5) is 29.5. The molecule has 0 saturated heterocycles. The summed E-state index contributed by atoms with van der Waals surface area (Å²) in [5.74, 6) is 0.495. The van der Waals surface area contributed by atoms with Gasteiger partial charge in [0.2, 0.25) is 5.91 Å². The fourth-order valence-electron chi connectivity index (χ4n) is 2.21. The number of pyridine rings is 1. The largest absolute Gasteiger partial charge is 0.493 e.